The number of rotatable bonds is 6. The molecule has 19 heavy (non-hydrogen) atoms. The second kappa shape index (κ2) is 7.91. The molecule has 1 unspecified atom stereocenters. The molecule has 0 aromatic heterocycles. The largest absolute Gasteiger partial charge is 0.497 e. The van der Waals surface area contributed by atoms with E-state index in [2.05, 4.69) is 28.1 Å². The third kappa shape index (κ3) is 4.50. The van der Waals surface area contributed by atoms with Crippen LogP contribution in [0.25, 0.3) is 0 Å². The molecule has 0 aliphatic heterocycles. The van der Waals surface area contributed by atoms with Crippen molar-refractivity contribution in [3.8, 4) is 5.75 Å². The number of hydrogen-bond acceptors (Lipinski definition) is 2. The summed E-state index contributed by atoms with van der Waals surface area (Å²) >= 11 is 3.56. The van der Waals surface area contributed by atoms with Crippen molar-refractivity contribution in [3.63, 3.8) is 0 Å². The highest BCUT2D eigenvalue weighted by Crippen LogP contribution is 2.27. The molecule has 1 aliphatic carbocycles. The number of halogens is 1. The molecule has 106 valence electrons. The topological polar surface area (TPSA) is 18.5 Å². The van der Waals surface area contributed by atoms with Gasteiger partial charge in [0.1, 0.15) is 5.75 Å². The molecule has 0 radical (unpaired) electrons. The third-order valence-corrected chi connectivity index (χ3v) is 4.47. The normalized spacial score (nSPS) is 18.2. The Morgan fingerprint density at radius 3 is 2.42 bits per heavy atom. The Morgan fingerprint density at radius 1 is 1.16 bits per heavy atom. The van der Waals surface area contributed by atoms with Crippen molar-refractivity contribution >= 4 is 15.9 Å². The lowest BCUT2D eigenvalue weighted by Crippen LogP contribution is -2.16. The molecular weight excluding hydrogens is 304 g/mol. The van der Waals surface area contributed by atoms with E-state index in [-0.39, 0.29) is 6.10 Å². The number of methoxy groups -OCH3 is 1. The second-order valence-electron chi connectivity index (χ2n) is 5.25. The van der Waals surface area contributed by atoms with Crippen molar-refractivity contribution in [2.24, 2.45) is 5.92 Å². The van der Waals surface area contributed by atoms with Gasteiger partial charge in [-0.3, -0.25) is 0 Å². The average molecular weight is 327 g/mol. The van der Waals surface area contributed by atoms with Gasteiger partial charge in [0, 0.05) is 5.33 Å². The maximum absolute atomic E-state index is 6.10. The number of benzene rings is 1. The summed E-state index contributed by atoms with van der Waals surface area (Å²) in [4.78, 5) is 0. The van der Waals surface area contributed by atoms with Gasteiger partial charge in [-0.15, -0.1) is 0 Å². The highest BCUT2D eigenvalue weighted by atomic mass is 79.9. The average Bonchev–Trinajstić information content (AvgIpc) is 2.49. The van der Waals surface area contributed by atoms with Crippen LogP contribution in [-0.2, 0) is 4.74 Å². The van der Waals surface area contributed by atoms with Crippen molar-refractivity contribution in [3.05, 3.63) is 29.8 Å². The van der Waals surface area contributed by atoms with Crippen molar-refractivity contribution < 1.29 is 9.47 Å². The van der Waals surface area contributed by atoms with Crippen molar-refractivity contribution in [2.45, 2.75) is 38.2 Å². The molecule has 1 saturated carbocycles. The number of hydrogen-bond donors (Lipinski definition) is 0. The fourth-order valence-corrected chi connectivity index (χ4v) is 3.22. The number of alkyl halides is 1. The van der Waals surface area contributed by atoms with Crippen LogP contribution in [0, 0.1) is 5.92 Å². The second-order valence-corrected chi connectivity index (χ2v) is 5.90. The summed E-state index contributed by atoms with van der Waals surface area (Å²) in [6.07, 6.45) is 6.95. The first-order valence-electron chi connectivity index (χ1n) is 7.15. The fourth-order valence-electron chi connectivity index (χ4n) is 2.65. The van der Waals surface area contributed by atoms with E-state index in [9.17, 15) is 0 Å². The SMILES string of the molecule is COc1ccc(C(CBr)OCC2CCCCC2)cc1. The maximum Gasteiger partial charge on any atom is 0.118 e. The van der Waals surface area contributed by atoms with E-state index in [0.29, 0.717) is 0 Å². The Balaban J connectivity index is 1.87. The molecule has 1 aromatic carbocycles. The van der Waals surface area contributed by atoms with Crippen LogP contribution in [0.1, 0.15) is 43.8 Å². The smallest absolute Gasteiger partial charge is 0.118 e. The lowest BCUT2D eigenvalue weighted by atomic mass is 9.90. The molecule has 2 nitrogen and oxygen atoms in total. The van der Waals surface area contributed by atoms with Crippen molar-refractivity contribution in [2.75, 3.05) is 19.0 Å². The summed E-state index contributed by atoms with van der Waals surface area (Å²) in [5.74, 6) is 1.65. The molecule has 0 saturated heterocycles. The molecular formula is C16H23BrO2. The third-order valence-electron chi connectivity index (χ3n) is 3.89. The zero-order valence-electron chi connectivity index (χ0n) is 11.6. The molecule has 3 heteroatoms. The minimum absolute atomic E-state index is 0.146. The van der Waals surface area contributed by atoms with Crippen LogP contribution in [0.5, 0.6) is 5.75 Å². The summed E-state index contributed by atoms with van der Waals surface area (Å²) in [6.45, 7) is 0.891. The summed E-state index contributed by atoms with van der Waals surface area (Å²) in [7, 11) is 1.69. The first-order chi connectivity index (χ1) is 9.33. The van der Waals surface area contributed by atoms with Gasteiger partial charge in [0.25, 0.3) is 0 Å². The van der Waals surface area contributed by atoms with Gasteiger partial charge in [-0.05, 0) is 36.5 Å². The van der Waals surface area contributed by atoms with E-state index < -0.39 is 0 Å². The summed E-state index contributed by atoms with van der Waals surface area (Å²) in [6, 6.07) is 8.17. The standard InChI is InChI=1S/C16H23BrO2/c1-18-15-9-7-14(8-10-15)16(11-17)19-12-13-5-3-2-4-6-13/h7-10,13,16H,2-6,11-12H2,1H3. The molecule has 2 rings (SSSR count). The predicted molar refractivity (Wildman–Crippen MR) is 82.1 cm³/mol. The van der Waals surface area contributed by atoms with E-state index in [1.807, 2.05) is 12.1 Å². The van der Waals surface area contributed by atoms with Crippen LogP contribution >= 0.6 is 15.9 Å². The Hall–Kier alpha value is -0.540. The van der Waals surface area contributed by atoms with Gasteiger partial charge in [0.15, 0.2) is 0 Å². The van der Waals surface area contributed by atoms with Crippen molar-refractivity contribution in [1.29, 1.82) is 0 Å². The van der Waals surface area contributed by atoms with E-state index in [1.54, 1.807) is 7.11 Å². The van der Waals surface area contributed by atoms with Gasteiger partial charge < -0.3 is 9.47 Å². The van der Waals surface area contributed by atoms with E-state index in [4.69, 9.17) is 9.47 Å². The Morgan fingerprint density at radius 2 is 1.84 bits per heavy atom. The van der Waals surface area contributed by atoms with Crippen LogP contribution in [0.15, 0.2) is 24.3 Å². The maximum atomic E-state index is 6.10. The predicted octanol–water partition coefficient (Wildman–Crippen LogP) is 4.73. The summed E-state index contributed by atoms with van der Waals surface area (Å²) in [5.41, 5.74) is 1.22. The number of ether oxygens (including phenoxy) is 2. The lowest BCUT2D eigenvalue weighted by molar-refractivity contribution is 0.0335. The van der Waals surface area contributed by atoms with Gasteiger partial charge >= 0.3 is 0 Å². The van der Waals surface area contributed by atoms with Gasteiger partial charge in [-0.25, -0.2) is 0 Å². The molecule has 0 bridgehead atoms. The molecule has 1 aliphatic rings. The fraction of sp³-hybridized carbons (Fsp3) is 0.625. The van der Waals surface area contributed by atoms with Gasteiger partial charge in [-0.1, -0.05) is 47.3 Å². The minimum Gasteiger partial charge on any atom is -0.497 e. The van der Waals surface area contributed by atoms with E-state index in [0.717, 1.165) is 23.6 Å². The molecule has 1 fully saturated rings. The monoisotopic (exact) mass is 326 g/mol. The quantitative estimate of drug-likeness (QED) is 0.703. The molecule has 0 N–H and O–H groups in total. The molecule has 1 aromatic rings. The van der Waals surface area contributed by atoms with Crippen molar-refractivity contribution in [1.82, 2.24) is 0 Å². The summed E-state index contributed by atoms with van der Waals surface area (Å²) < 4.78 is 11.3. The van der Waals surface area contributed by atoms with Gasteiger partial charge in [0.2, 0.25) is 0 Å². The highest BCUT2D eigenvalue weighted by Gasteiger charge is 2.17. The van der Waals surface area contributed by atoms with Crippen LogP contribution in [0.2, 0.25) is 0 Å². The van der Waals surface area contributed by atoms with E-state index in [1.165, 1.54) is 37.7 Å². The van der Waals surface area contributed by atoms with Crippen LogP contribution < -0.4 is 4.74 Å². The van der Waals surface area contributed by atoms with Gasteiger partial charge in [0.05, 0.1) is 19.8 Å². The van der Waals surface area contributed by atoms with Gasteiger partial charge in [-0.2, -0.15) is 0 Å². The first-order valence-corrected chi connectivity index (χ1v) is 8.27. The highest BCUT2D eigenvalue weighted by molar-refractivity contribution is 9.09. The molecule has 0 amide bonds. The Kier molecular flexibility index (Phi) is 6.18. The van der Waals surface area contributed by atoms with Crippen LogP contribution in [0.3, 0.4) is 0 Å². The Bertz CT molecular complexity index is 358. The molecule has 1 atom stereocenters. The minimum atomic E-state index is 0.146. The van der Waals surface area contributed by atoms with Crippen LogP contribution in [-0.4, -0.2) is 19.0 Å². The molecule has 0 heterocycles. The lowest BCUT2D eigenvalue weighted by Gasteiger charge is -2.24. The zero-order chi connectivity index (χ0) is 13.5. The van der Waals surface area contributed by atoms with Crippen LogP contribution in [0.4, 0.5) is 0 Å². The zero-order valence-corrected chi connectivity index (χ0v) is 13.2. The van der Waals surface area contributed by atoms with E-state index >= 15 is 0 Å². The first kappa shape index (κ1) is 14.9. The Labute approximate surface area is 124 Å². The summed E-state index contributed by atoms with van der Waals surface area (Å²) in [5, 5.41) is 0.839. The molecule has 0 spiro atoms.